The summed E-state index contributed by atoms with van der Waals surface area (Å²) in [5.41, 5.74) is 0.460. The van der Waals surface area contributed by atoms with Crippen molar-refractivity contribution in [1.82, 2.24) is 10.2 Å². The number of rotatable bonds is 5. The van der Waals surface area contributed by atoms with Crippen LogP contribution >= 0.6 is 0 Å². The first kappa shape index (κ1) is 12.9. The zero-order valence-electron chi connectivity index (χ0n) is 10.1. The van der Waals surface area contributed by atoms with Crippen molar-refractivity contribution in [3.8, 4) is 0 Å². The van der Waals surface area contributed by atoms with Gasteiger partial charge in [-0.05, 0) is 39.4 Å². The lowest BCUT2D eigenvalue weighted by Crippen LogP contribution is -2.36. The second-order valence-electron chi connectivity index (χ2n) is 5.35. The molecule has 0 saturated carbocycles. The van der Waals surface area contributed by atoms with Crippen LogP contribution in [-0.4, -0.2) is 38.6 Å². The monoisotopic (exact) mass is 186 g/mol. The predicted molar refractivity (Wildman–Crippen MR) is 60.1 cm³/mol. The van der Waals surface area contributed by atoms with Crippen molar-refractivity contribution in [2.45, 2.75) is 39.7 Å². The van der Waals surface area contributed by atoms with Crippen LogP contribution in [0.3, 0.4) is 0 Å². The summed E-state index contributed by atoms with van der Waals surface area (Å²) in [7, 11) is 6.31. The van der Waals surface area contributed by atoms with Crippen LogP contribution < -0.4 is 5.32 Å². The molecule has 2 nitrogen and oxygen atoms in total. The van der Waals surface area contributed by atoms with E-state index in [9.17, 15) is 0 Å². The maximum Gasteiger partial charge on any atom is 0.0191 e. The van der Waals surface area contributed by atoms with Crippen LogP contribution in [0, 0.1) is 5.41 Å². The van der Waals surface area contributed by atoms with Gasteiger partial charge in [-0.1, -0.05) is 20.8 Å². The average molecular weight is 186 g/mol. The number of likely N-dealkylation sites (N-methyl/N-ethyl adjacent to an activating group) is 2. The molecule has 1 atom stereocenters. The van der Waals surface area contributed by atoms with Gasteiger partial charge < -0.3 is 10.2 Å². The lowest BCUT2D eigenvalue weighted by Gasteiger charge is -2.25. The van der Waals surface area contributed by atoms with Crippen molar-refractivity contribution >= 4 is 0 Å². The molecule has 0 aliphatic heterocycles. The van der Waals surface area contributed by atoms with Crippen LogP contribution in [0.25, 0.3) is 0 Å². The Bertz CT molecular complexity index is 125. The summed E-state index contributed by atoms with van der Waals surface area (Å²) in [5.74, 6) is 0. The summed E-state index contributed by atoms with van der Waals surface area (Å²) < 4.78 is 0. The lowest BCUT2D eigenvalue weighted by atomic mass is 9.88. The second kappa shape index (κ2) is 5.61. The van der Waals surface area contributed by atoms with Gasteiger partial charge in [0.25, 0.3) is 0 Å². The topological polar surface area (TPSA) is 15.3 Å². The first-order chi connectivity index (χ1) is 5.85. The van der Waals surface area contributed by atoms with E-state index in [1.54, 1.807) is 0 Å². The van der Waals surface area contributed by atoms with Crippen molar-refractivity contribution in [3.05, 3.63) is 0 Å². The smallest absolute Gasteiger partial charge is 0.0191 e. The Hall–Kier alpha value is -0.0800. The van der Waals surface area contributed by atoms with E-state index >= 15 is 0 Å². The second-order valence-corrected chi connectivity index (χ2v) is 5.35. The molecular formula is C11H26N2. The van der Waals surface area contributed by atoms with Gasteiger partial charge in [-0.15, -0.1) is 0 Å². The van der Waals surface area contributed by atoms with Crippen molar-refractivity contribution < 1.29 is 0 Å². The van der Waals surface area contributed by atoms with Gasteiger partial charge >= 0.3 is 0 Å². The number of nitrogens with zero attached hydrogens (tertiary/aromatic N) is 1. The van der Waals surface area contributed by atoms with Gasteiger partial charge in [-0.2, -0.15) is 0 Å². The van der Waals surface area contributed by atoms with Gasteiger partial charge in [0.15, 0.2) is 0 Å². The SMILES string of the molecule is CNC(CCC(C)(C)C)CN(C)C. The quantitative estimate of drug-likeness (QED) is 0.706. The molecule has 1 N–H and O–H groups in total. The summed E-state index contributed by atoms with van der Waals surface area (Å²) >= 11 is 0. The Balaban J connectivity index is 3.72. The van der Waals surface area contributed by atoms with E-state index in [-0.39, 0.29) is 0 Å². The highest BCUT2D eigenvalue weighted by molar-refractivity contribution is 4.71. The molecule has 0 rings (SSSR count). The summed E-state index contributed by atoms with van der Waals surface area (Å²) in [6.07, 6.45) is 2.55. The molecule has 0 fully saturated rings. The first-order valence-corrected chi connectivity index (χ1v) is 5.17. The summed E-state index contributed by atoms with van der Waals surface area (Å²) in [6.45, 7) is 8.03. The molecular weight excluding hydrogens is 160 g/mol. The fraction of sp³-hybridized carbons (Fsp3) is 1.00. The fourth-order valence-corrected chi connectivity index (χ4v) is 1.37. The van der Waals surface area contributed by atoms with E-state index in [1.165, 1.54) is 12.8 Å². The molecule has 13 heavy (non-hydrogen) atoms. The summed E-state index contributed by atoms with van der Waals surface area (Å²) in [5, 5.41) is 3.36. The van der Waals surface area contributed by atoms with Gasteiger partial charge in [0.2, 0.25) is 0 Å². The third kappa shape index (κ3) is 8.26. The minimum absolute atomic E-state index is 0.460. The van der Waals surface area contributed by atoms with Crippen molar-refractivity contribution in [2.75, 3.05) is 27.7 Å². The van der Waals surface area contributed by atoms with Crippen LogP contribution in [-0.2, 0) is 0 Å². The minimum Gasteiger partial charge on any atom is -0.316 e. The van der Waals surface area contributed by atoms with E-state index in [4.69, 9.17) is 0 Å². The molecule has 0 amide bonds. The van der Waals surface area contributed by atoms with Gasteiger partial charge in [-0.25, -0.2) is 0 Å². The van der Waals surface area contributed by atoms with E-state index in [2.05, 4.69) is 52.1 Å². The van der Waals surface area contributed by atoms with Crippen LogP contribution in [0.4, 0.5) is 0 Å². The third-order valence-corrected chi connectivity index (χ3v) is 2.24. The molecule has 0 spiro atoms. The Kier molecular flexibility index (Phi) is 5.57. The molecule has 0 bridgehead atoms. The molecule has 0 heterocycles. The zero-order valence-corrected chi connectivity index (χ0v) is 10.1. The van der Waals surface area contributed by atoms with Gasteiger partial charge in [0.05, 0.1) is 0 Å². The number of nitrogens with one attached hydrogen (secondary N) is 1. The van der Waals surface area contributed by atoms with Crippen LogP contribution in [0.1, 0.15) is 33.6 Å². The van der Waals surface area contributed by atoms with Crippen molar-refractivity contribution in [1.29, 1.82) is 0 Å². The Morgan fingerprint density at radius 1 is 1.23 bits per heavy atom. The summed E-state index contributed by atoms with van der Waals surface area (Å²) in [4.78, 5) is 2.24. The largest absolute Gasteiger partial charge is 0.316 e. The number of hydrogen-bond donors (Lipinski definition) is 1. The molecule has 0 saturated heterocycles. The Labute approximate surface area is 83.7 Å². The fourth-order valence-electron chi connectivity index (χ4n) is 1.37. The Morgan fingerprint density at radius 2 is 1.77 bits per heavy atom. The normalized spacial score (nSPS) is 15.0. The average Bonchev–Trinajstić information content (AvgIpc) is 1.95. The highest BCUT2D eigenvalue weighted by Crippen LogP contribution is 2.21. The molecule has 0 radical (unpaired) electrons. The van der Waals surface area contributed by atoms with Crippen LogP contribution in [0.5, 0.6) is 0 Å². The molecule has 2 heteroatoms. The first-order valence-electron chi connectivity index (χ1n) is 5.17. The molecule has 0 aromatic carbocycles. The lowest BCUT2D eigenvalue weighted by molar-refractivity contribution is 0.290. The van der Waals surface area contributed by atoms with E-state index < -0.39 is 0 Å². The maximum absolute atomic E-state index is 3.36. The zero-order chi connectivity index (χ0) is 10.5. The van der Waals surface area contributed by atoms with Crippen molar-refractivity contribution in [3.63, 3.8) is 0 Å². The summed E-state index contributed by atoms with van der Waals surface area (Å²) in [6, 6.07) is 0.634. The van der Waals surface area contributed by atoms with E-state index in [0.29, 0.717) is 11.5 Å². The minimum atomic E-state index is 0.460. The maximum atomic E-state index is 3.36. The van der Waals surface area contributed by atoms with Crippen LogP contribution in [0.2, 0.25) is 0 Å². The van der Waals surface area contributed by atoms with Gasteiger partial charge in [0, 0.05) is 12.6 Å². The molecule has 0 aliphatic rings. The highest BCUT2D eigenvalue weighted by Gasteiger charge is 2.14. The van der Waals surface area contributed by atoms with Gasteiger partial charge in [0.1, 0.15) is 0 Å². The molecule has 0 aromatic rings. The standard InChI is InChI=1S/C11H26N2/c1-11(2,3)8-7-10(12-4)9-13(5)6/h10,12H,7-9H2,1-6H3. The van der Waals surface area contributed by atoms with E-state index in [0.717, 1.165) is 6.54 Å². The number of hydrogen-bond acceptors (Lipinski definition) is 2. The Morgan fingerprint density at radius 3 is 2.08 bits per heavy atom. The van der Waals surface area contributed by atoms with Crippen LogP contribution in [0.15, 0.2) is 0 Å². The van der Waals surface area contributed by atoms with E-state index in [1.807, 2.05) is 0 Å². The molecule has 0 aromatic heterocycles. The predicted octanol–water partition coefficient (Wildman–Crippen LogP) is 1.96. The molecule has 80 valence electrons. The molecule has 1 unspecified atom stereocenters. The third-order valence-electron chi connectivity index (χ3n) is 2.24. The van der Waals surface area contributed by atoms with Gasteiger partial charge in [-0.3, -0.25) is 0 Å². The molecule has 0 aliphatic carbocycles. The van der Waals surface area contributed by atoms with Crippen molar-refractivity contribution in [2.24, 2.45) is 5.41 Å². The highest BCUT2D eigenvalue weighted by atomic mass is 15.1.